The van der Waals surface area contributed by atoms with Gasteiger partial charge in [0.15, 0.2) is 0 Å². The molecule has 0 atom stereocenters. The van der Waals surface area contributed by atoms with Gasteiger partial charge in [-0.15, -0.1) is 10.2 Å². The Bertz CT molecular complexity index is 593. The number of carbonyl (C=O) groups is 1. The maximum absolute atomic E-state index is 11.8. The summed E-state index contributed by atoms with van der Waals surface area (Å²) in [5.74, 6) is -0.490. The number of aromatic nitrogens is 2. The van der Waals surface area contributed by atoms with Crippen LogP contribution in [0.2, 0.25) is 15.1 Å². The summed E-state index contributed by atoms with van der Waals surface area (Å²) in [5, 5.41) is 10.8. The first-order valence-electron chi connectivity index (χ1n) is 4.52. The van der Waals surface area contributed by atoms with E-state index in [1.165, 1.54) is 12.1 Å². The van der Waals surface area contributed by atoms with Crippen molar-refractivity contribution in [1.82, 2.24) is 10.2 Å². The molecular weight excluding hydrogens is 319 g/mol. The summed E-state index contributed by atoms with van der Waals surface area (Å²) >= 11 is 18.6. The molecular formula is C9H5Cl3N4OS. The molecule has 0 aliphatic heterocycles. The average Bonchev–Trinajstić information content (AvgIpc) is 2.70. The molecule has 18 heavy (non-hydrogen) atoms. The Kier molecular flexibility index (Phi) is 3.91. The third kappa shape index (κ3) is 2.84. The maximum Gasteiger partial charge on any atom is 0.286 e. The molecule has 3 N–H and O–H groups in total. The van der Waals surface area contributed by atoms with Crippen molar-refractivity contribution >= 4 is 62.9 Å². The van der Waals surface area contributed by atoms with E-state index in [0.717, 1.165) is 11.3 Å². The number of nitrogens with zero attached hydrogens (tertiary/aromatic N) is 2. The van der Waals surface area contributed by atoms with E-state index in [4.69, 9.17) is 40.5 Å². The molecule has 0 bridgehead atoms. The first-order chi connectivity index (χ1) is 8.47. The SMILES string of the molecule is Nc1nnc(C(=O)Nc2c(Cl)cc(Cl)cc2Cl)s1. The Morgan fingerprint density at radius 3 is 2.33 bits per heavy atom. The Balaban J connectivity index is 2.27. The molecule has 0 saturated heterocycles. The van der Waals surface area contributed by atoms with Crippen molar-refractivity contribution in [2.75, 3.05) is 11.1 Å². The number of nitrogens with two attached hydrogens (primary N) is 1. The number of halogens is 3. The highest BCUT2D eigenvalue weighted by molar-refractivity contribution is 7.17. The van der Waals surface area contributed by atoms with Crippen LogP contribution in [-0.2, 0) is 0 Å². The van der Waals surface area contributed by atoms with Gasteiger partial charge >= 0.3 is 0 Å². The Morgan fingerprint density at radius 1 is 1.22 bits per heavy atom. The van der Waals surface area contributed by atoms with Gasteiger partial charge in [0.2, 0.25) is 10.1 Å². The molecule has 2 aromatic rings. The van der Waals surface area contributed by atoms with Gasteiger partial charge in [-0.2, -0.15) is 0 Å². The van der Waals surface area contributed by atoms with Crippen molar-refractivity contribution in [2.45, 2.75) is 0 Å². The second kappa shape index (κ2) is 5.27. The number of anilines is 2. The second-order valence-electron chi connectivity index (χ2n) is 3.14. The lowest BCUT2D eigenvalue weighted by atomic mass is 10.3. The minimum absolute atomic E-state index is 0.120. The summed E-state index contributed by atoms with van der Waals surface area (Å²) in [7, 11) is 0. The van der Waals surface area contributed by atoms with Gasteiger partial charge in [-0.1, -0.05) is 46.1 Å². The van der Waals surface area contributed by atoms with Crippen LogP contribution in [0.25, 0.3) is 0 Å². The first-order valence-corrected chi connectivity index (χ1v) is 6.47. The quantitative estimate of drug-likeness (QED) is 0.888. The number of hydrogen-bond acceptors (Lipinski definition) is 5. The smallest absolute Gasteiger partial charge is 0.286 e. The molecule has 0 spiro atoms. The van der Waals surface area contributed by atoms with E-state index in [0.29, 0.717) is 5.02 Å². The summed E-state index contributed by atoms with van der Waals surface area (Å²) in [6, 6.07) is 2.94. The summed E-state index contributed by atoms with van der Waals surface area (Å²) in [6.07, 6.45) is 0. The molecule has 1 aromatic carbocycles. The van der Waals surface area contributed by atoms with Crippen molar-refractivity contribution in [3.8, 4) is 0 Å². The number of amides is 1. The van der Waals surface area contributed by atoms with Crippen molar-refractivity contribution < 1.29 is 4.79 Å². The van der Waals surface area contributed by atoms with E-state index in [1.807, 2.05) is 0 Å². The summed E-state index contributed by atoms with van der Waals surface area (Å²) in [5.41, 5.74) is 5.65. The van der Waals surface area contributed by atoms with E-state index in [1.54, 1.807) is 0 Å². The lowest BCUT2D eigenvalue weighted by Gasteiger charge is -2.08. The zero-order chi connectivity index (χ0) is 13.3. The minimum atomic E-state index is -0.490. The largest absolute Gasteiger partial charge is 0.374 e. The summed E-state index contributed by atoms with van der Waals surface area (Å²) < 4.78 is 0. The molecule has 94 valence electrons. The molecule has 0 aliphatic rings. The standard InChI is InChI=1S/C9H5Cl3N4OS/c10-3-1-4(11)6(5(12)2-3)14-7(17)8-15-16-9(13)18-8/h1-2H,(H2,13,16)(H,14,17). The highest BCUT2D eigenvalue weighted by Crippen LogP contribution is 2.34. The van der Waals surface area contributed by atoms with E-state index in [2.05, 4.69) is 15.5 Å². The molecule has 9 heteroatoms. The fourth-order valence-electron chi connectivity index (χ4n) is 1.15. The molecule has 0 fully saturated rings. The first kappa shape index (κ1) is 13.4. The molecule has 0 radical (unpaired) electrons. The highest BCUT2D eigenvalue weighted by Gasteiger charge is 2.16. The van der Waals surface area contributed by atoms with Gasteiger partial charge in [0.05, 0.1) is 15.7 Å². The molecule has 2 rings (SSSR count). The zero-order valence-corrected chi connectivity index (χ0v) is 11.7. The van der Waals surface area contributed by atoms with Crippen molar-refractivity contribution in [1.29, 1.82) is 0 Å². The predicted octanol–water partition coefficient (Wildman–Crippen LogP) is 3.33. The molecule has 1 heterocycles. The molecule has 0 unspecified atom stereocenters. The highest BCUT2D eigenvalue weighted by atomic mass is 35.5. The van der Waals surface area contributed by atoms with Gasteiger partial charge in [0.25, 0.3) is 5.91 Å². The number of benzene rings is 1. The molecule has 1 aromatic heterocycles. The molecule has 1 amide bonds. The number of carbonyl (C=O) groups excluding carboxylic acids is 1. The van der Waals surface area contributed by atoms with E-state index in [-0.39, 0.29) is 25.9 Å². The van der Waals surface area contributed by atoms with E-state index < -0.39 is 5.91 Å². The fraction of sp³-hybridized carbons (Fsp3) is 0. The van der Waals surface area contributed by atoms with Gasteiger partial charge in [-0.25, -0.2) is 0 Å². The van der Waals surface area contributed by atoms with E-state index in [9.17, 15) is 4.79 Å². The topological polar surface area (TPSA) is 80.9 Å². The van der Waals surface area contributed by atoms with Crippen LogP contribution in [0, 0.1) is 0 Å². The van der Waals surface area contributed by atoms with Crippen LogP contribution < -0.4 is 11.1 Å². The average molecular weight is 324 g/mol. The van der Waals surface area contributed by atoms with Crippen molar-refractivity contribution in [2.24, 2.45) is 0 Å². The minimum Gasteiger partial charge on any atom is -0.374 e. The van der Waals surface area contributed by atoms with Crippen LogP contribution in [0.4, 0.5) is 10.8 Å². The number of rotatable bonds is 2. The number of nitrogens with one attached hydrogen (secondary N) is 1. The summed E-state index contributed by atoms with van der Waals surface area (Å²) in [4.78, 5) is 11.8. The van der Waals surface area contributed by atoms with Gasteiger partial charge in [-0.3, -0.25) is 4.79 Å². The van der Waals surface area contributed by atoms with Gasteiger partial charge in [0, 0.05) is 5.02 Å². The normalized spacial score (nSPS) is 10.4. The Hall–Kier alpha value is -1.08. The van der Waals surface area contributed by atoms with E-state index >= 15 is 0 Å². The zero-order valence-electron chi connectivity index (χ0n) is 8.58. The Morgan fingerprint density at radius 2 is 1.83 bits per heavy atom. The lowest BCUT2D eigenvalue weighted by Crippen LogP contribution is -2.12. The van der Waals surface area contributed by atoms with Gasteiger partial charge in [-0.05, 0) is 12.1 Å². The molecule has 0 aliphatic carbocycles. The second-order valence-corrected chi connectivity index (χ2v) is 5.40. The summed E-state index contributed by atoms with van der Waals surface area (Å²) in [6.45, 7) is 0. The maximum atomic E-state index is 11.8. The lowest BCUT2D eigenvalue weighted by molar-refractivity contribution is 0.102. The van der Waals surface area contributed by atoms with Crippen molar-refractivity contribution in [3.63, 3.8) is 0 Å². The molecule has 5 nitrogen and oxygen atoms in total. The monoisotopic (exact) mass is 322 g/mol. The van der Waals surface area contributed by atoms with Crippen LogP contribution in [-0.4, -0.2) is 16.1 Å². The predicted molar refractivity (Wildman–Crippen MR) is 73.7 cm³/mol. The number of hydrogen-bond donors (Lipinski definition) is 2. The van der Waals surface area contributed by atoms with Gasteiger partial charge < -0.3 is 11.1 Å². The van der Waals surface area contributed by atoms with Crippen molar-refractivity contribution in [3.05, 3.63) is 32.2 Å². The third-order valence-corrected chi connectivity index (χ3v) is 3.45. The van der Waals surface area contributed by atoms with Crippen LogP contribution >= 0.6 is 46.1 Å². The van der Waals surface area contributed by atoms with Gasteiger partial charge in [0.1, 0.15) is 0 Å². The Labute approximate surface area is 121 Å². The fourth-order valence-corrected chi connectivity index (χ4v) is 2.57. The van der Waals surface area contributed by atoms with Crippen LogP contribution in [0.3, 0.4) is 0 Å². The van der Waals surface area contributed by atoms with Crippen LogP contribution in [0.5, 0.6) is 0 Å². The number of nitrogen functional groups attached to an aromatic ring is 1. The van der Waals surface area contributed by atoms with Crippen LogP contribution in [0.15, 0.2) is 12.1 Å². The van der Waals surface area contributed by atoms with Crippen LogP contribution in [0.1, 0.15) is 9.80 Å². The molecule has 0 saturated carbocycles. The third-order valence-electron chi connectivity index (χ3n) is 1.88.